The van der Waals surface area contributed by atoms with Crippen molar-refractivity contribution >= 4 is 33.2 Å². The number of piperidine rings is 1. The van der Waals surface area contributed by atoms with Gasteiger partial charge >= 0.3 is 0 Å². The van der Waals surface area contributed by atoms with Crippen molar-refractivity contribution in [3.05, 3.63) is 52.3 Å². The van der Waals surface area contributed by atoms with Gasteiger partial charge in [-0.2, -0.15) is 0 Å². The molecule has 1 N–H and O–H groups in total. The summed E-state index contributed by atoms with van der Waals surface area (Å²) in [6.07, 6.45) is 5.42. The first-order valence-corrected chi connectivity index (χ1v) is 8.71. The van der Waals surface area contributed by atoms with Gasteiger partial charge in [0.05, 0.1) is 5.69 Å². The van der Waals surface area contributed by atoms with Gasteiger partial charge in [-0.05, 0) is 71.9 Å². The zero-order chi connectivity index (χ0) is 16.2. The fourth-order valence-electron chi connectivity index (χ4n) is 2.80. The molecule has 23 heavy (non-hydrogen) atoms. The van der Waals surface area contributed by atoms with Crippen LogP contribution in [0.25, 0.3) is 0 Å². The monoisotopic (exact) mass is 373 g/mol. The van der Waals surface area contributed by atoms with E-state index in [2.05, 4.69) is 31.1 Å². The lowest BCUT2D eigenvalue weighted by Crippen LogP contribution is -2.29. The van der Waals surface area contributed by atoms with Gasteiger partial charge in [0.2, 0.25) is 0 Å². The lowest BCUT2D eigenvalue weighted by Gasteiger charge is -2.28. The van der Waals surface area contributed by atoms with E-state index in [0.717, 1.165) is 34.5 Å². The Morgan fingerprint density at radius 1 is 1.17 bits per heavy atom. The Balaban J connectivity index is 1.76. The van der Waals surface area contributed by atoms with Crippen LogP contribution in [0.1, 0.15) is 35.3 Å². The molecule has 1 aromatic heterocycles. The molecule has 5 heteroatoms. The van der Waals surface area contributed by atoms with Gasteiger partial charge in [0.15, 0.2) is 0 Å². The fraction of sp³-hybridized carbons (Fsp3) is 0.333. The van der Waals surface area contributed by atoms with Crippen LogP contribution in [0.4, 0.5) is 11.4 Å². The van der Waals surface area contributed by atoms with Gasteiger partial charge in [0.25, 0.3) is 5.91 Å². The first-order valence-electron chi connectivity index (χ1n) is 7.92. The first kappa shape index (κ1) is 16.0. The lowest BCUT2D eigenvalue weighted by molar-refractivity contribution is 0.102. The van der Waals surface area contributed by atoms with Crippen LogP contribution in [0.3, 0.4) is 0 Å². The third-order valence-corrected chi connectivity index (χ3v) is 4.73. The molecule has 0 radical (unpaired) electrons. The summed E-state index contributed by atoms with van der Waals surface area (Å²) in [4.78, 5) is 19.0. The van der Waals surface area contributed by atoms with Crippen molar-refractivity contribution in [2.24, 2.45) is 0 Å². The molecule has 1 saturated heterocycles. The molecule has 0 saturated carbocycles. The standard InChI is InChI=1S/C18H20BrN3O/c1-13-5-6-16(15(19)11-13)21-18(23)17-12-14(7-8-20-17)22-9-3-2-4-10-22/h5-8,11-12H,2-4,9-10H2,1H3,(H,21,23). The summed E-state index contributed by atoms with van der Waals surface area (Å²) in [5.74, 6) is -0.187. The van der Waals surface area contributed by atoms with Crippen molar-refractivity contribution in [1.82, 2.24) is 4.98 Å². The van der Waals surface area contributed by atoms with E-state index in [0.29, 0.717) is 5.69 Å². The molecule has 2 aromatic rings. The summed E-state index contributed by atoms with van der Waals surface area (Å²) >= 11 is 3.48. The van der Waals surface area contributed by atoms with Crippen molar-refractivity contribution in [1.29, 1.82) is 0 Å². The molecule has 1 fully saturated rings. The van der Waals surface area contributed by atoms with Crippen LogP contribution < -0.4 is 10.2 Å². The molecular formula is C18H20BrN3O. The maximum atomic E-state index is 12.5. The van der Waals surface area contributed by atoms with Gasteiger partial charge in [-0.3, -0.25) is 9.78 Å². The number of carbonyl (C=O) groups excluding carboxylic acids is 1. The minimum absolute atomic E-state index is 0.187. The average Bonchev–Trinajstić information content (AvgIpc) is 2.58. The number of hydrogen-bond acceptors (Lipinski definition) is 3. The minimum Gasteiger partial charge on any atom is -0.371 e. The molecule has 1 aliphatic rings. The van der Waals surface area contributed by atoms with E-state index in [9.17, 15) is 4.79 Å². The van der Waals surface area contributed by atoms with Gasteiger partial charge in [0.1, 0.15) is 5.69 Å². The highest BCUT2D eigenvalue weighted by atomic mass is 79.9. The average molecular weight is 374 g/mol. The summed E-state index contributed by atoms with van der Waals surface area (Å²) in [7, 11) is 0. The van der Waals surface area contributed by atoms with Crippen LogP contribution in [-0.4, -0.2) is 24.0 Å². The van der Waals surface area contributed by atoms with Gasteiger partial charge in [0, 0.05) is 29.4 Å². The molecule has 1 amide bonds. The molecular weight excluding hydrogens is 354 g/mol. The zero-order valence-electron chi connectivity index (χ0n) is 13.2. The van der Waals surface area contributed by atoms with Gasteiger partial charge < -0.3 is 10.2 Å². The Labute approximate surface area is 145 Å². The van der Waals surface area contributed by atoms with Crippen molar-refractivity contribution in [2.75, 3.05) is 23.3 Å². The number of halogens is 1. The summed E-state index contributed by atoms with van der Waals surface area (Å²) < 4.78 is 0.873. The number of nitrogens with one attached hydrogen (secondary N) is 1. The molecule has 0 unspecified atom stereocenters. The van der Waals surface area contributed by atoms with Crippen LogP contribution >= 0.6 is 15.9 Å². The number of aromatic nitrogens is 1. The summed E-state index contributed by atoms with van der Waals surface area (Å²) in [6.45, 7) is 4.11. The van der Waals surface area contributed by atoms with Crippen LogP contribution in [0, 0.1) is 6.92 Å². The molecule has 3 rings (SSSR count). The Hall–Kier alpha value is -1.88. The third kappa shape index (κ3) is 3.91. The van der Waals surface area contributed by atoms with E-state index >= 15 is 0 Å². The zero-order valence-corrected chi connectivity index (χ0v) is 14.8. The predicted molar refractivity (Wildman–Crippen MR) is 97.1 cm³/mol. The number of anilines is 2. The number of hydrogen-bond donors (Lipinski definition) is 1. The molecule has 1 aliphatic heterocycles. The Morgan fingerprint density at radius 2 is 1.96 bits per heavy atom. The molecule has 0 aliphatic carbocycles. The second kappa shape index (κ2) is 7.13. The molecule has 120 valence electrons. The van der Waals surface area contributed by atoms with Crippen LogP contribution in [0.2, 0.25) is 0 Å². The van der Waals surface area contributed by atoms with E-state index in [1.165, 1.54) is 19.3 Å². The quantitative estimate of drug-likeness (QED) is 0.867. The highest BCUT2D eigenvalue weighted by molar-refractivity contribution is 9.10. The molecule has 0 bridgehead atoms. The second-order valence-corrected chi connectivity index (χ2v) is 6.74. The third-order valence-electron chi connectivity index (χ3n) is 4.07. The van der Waals surface area contributed by atoms with E-state index in [-0.39, 0.29) is 5.91 Å². The molecule has 2 heterocycles. The van der Waals surface area contributed by atoms with Crippen molar-refractivity contribution in [3.8, 4) is 0 Å². The fourth-order valence-corrected chi connectivity index (χ4v) is 3.39. The van der Waals surface area contributed by atoms with E-state index in [1.54, 1.807) is 6.20 Å². The lowest BCUT2D eigenvalue weighted by atomic mass is 10.1. The molecule has 1 aromatic carbocycles. The van der Waals surface area contributed by atoms with Crippen molar-refractivity contribution < 1.29 is 4.79 Å². The topological polar surface area (TPSA) is 45.2 Å². The predicted octanol–water partition coefficient (Wildman–Crippen LogP) is 4.40. The van der Waals surface area contributed by atoms with E-state index < -0.39 is 0 Å². The number of carbonyl (C=O) groups is 1. The number of benzene rings is 1. The summed E-state index contributed by atoms with van der Waals surface area (Å²) in [5.41, 5.74) is 3.42. The summed E-state index contributed by atoms with van der Waals surface area (Å²) in [5, 5.41) is 2.92. The Kier molecular flexibility index (Phi) is 4.96. The minimum atomic E-state index is -0.187. The molecule has 4 nitrogen and oxygen atoms in total. The number of pyridine rings is 1. The van der Waals surface area contributed by atoms with Crippen molar-refractivity contribution in [2.45, 2.75) is 26.2 Å². The van der Waals surface area contributed by atoms with Crippen LogP contribution in [-0.2, 0) is 0 Å². The largest absolute Gasteiger partial charge is 0.371 e. The summed E-state index contributed by atoms with van der Waals surface area (Å²) in [6, 6.07) is 9.70. The van der Waals surface area contributed by atoms with E-state index in [1.807, 2.05) is 37.3 Å². The number of rotatable bonds is 3. The molecule has 0 spiro atoms. The highest BCUT2D eigenvalue weighted by Gasteiger charge is 2.15. The Bertz CT molecular complexity index is 711. The number of amides is 1. The van der Waals surface area contributed by atoms with Crippen molar-refractivity contribution in [3.63, 3.8) is 0 Å². The molecule has 0 atom stereocenters. The van der Waals surface area contributed by atoms with E-state index in [4.69, 9.17) is 0 Å². The highest BCUT2D eigenvalue weighted by Crippen LogP contribution is 2.24. The van der Waals surface area contributed by atoms with Gasteiger partial charge in [-0.1, -0.05) is 6.07 Å². The normalized spacial score (nSPS) is 14.6. The first-order chi connectivity index (χ1) is 11.1. The second-order valence-electron chi connectivity index (χ2n) is 5.88. The maximum Gasteiger partial charge on any atom is 0.274 e. The van der Waals surface area contributed by atoms with Crippen LogP contribution in [0.5, 0.6) is 0 Å². The number of nitrogens with zero attached hydrogens (tertiary/aromatic N) is 2. The maximum absolute atomic E-state index is 12.5. The Morgan fingerprint density at radius 3 is 2.70 bits per heavy atom. The van der Waals surface area contributed by atoms with Gasteiger partial charge in [-0.15, -0.1) is 0 Å². The smallest absolute Gasteiger partial charge is 0.274 e. The van der Waals surface area contributed by atoms with Crippen LogP contribution in [0.15, 0.2) is 41.0 Å². The number of aryl methyl sites for hydroxylation is 1. The van der Waals surface area contributed by atoms with Gasteiger partial charge in [-0.25, -0.2) is 0 Å². The SMILES string of the molecule is Cc1ccc(NC(=O)c2cc(N3CCCCC3)ccn2)c(Br)c1.